The molecule has 0 atom stereocenters. The number of aromatic nitrogens is 2. The van der Waals surface area contributed by atoms with Gasteiger partial charge in [-0.1, -0.05) is 12.1 Å². The summed E-state index contributed by atoms with van der Waals surface area (Å²) < 4.78 is 14.6. The number of hydrogen-bond donors (Lipinski definition) is 0. The summed E-state index contributed by atoms with van der Waals surface area (Å²) in [5.41, 5.74) is 0.802. The van der Waals surface area contributed by atoms with Gasteiger partial charge in [0.25, 0.3) is 0 Å². The zero-order valence-corrected chi connectivity index (χ0v) is 7.93. The number of nitrogens with zero attached hydrogens (tertiary/aromatic N) is 2. The predicted molar refractivity (Wildman–Crippen MR) is 53.1 cm³/mol. The van der Waals surface area contributed by atoms with Crippen molar-refractivity contribution in [2.24, 2.45) is 0 Å². The van der Waals surface area contributed by atoms with Crippen molar-refractivity contribution in [3.63, 3.8) is 0 Å². The van der Waals surface area contributed by atoms with E-state index in [1.54, 1.807) is 29.1 Å². The summed E-state index contributed by atoms with van der Waals surface area (Å²) >= 11 is 0. The third-order valence-electron chi connectivity index (χ3n) is 2.10. The number of halogens is 1. The van der Waals surface area contributed by atoms with Gasteiger partial charge in [-0.3, -0.25) is 4.79 Å². The lowest BCUT2D eigenvalue weighted by Gasteiger charge is -2.04. The third kappa shape index (κ3) is 2.10. The summed E-state index contributed by atoms with van der Waals surface area (Å²) in [6, 6.07) is 6.27. The molecule has 0 bridgehead atoms. The molecule has 15 heavy (non-hydrogen) atoms. The van der Waals surface area contributed by atoms with Gasteiger partial charge in [0.2, 0.25) is 0 Å². The summed E-state index contributed by atoms with van der Waals surface area (Å²) in [6.07, 6.45) is 3.91. The Kier molecular flexibility index (Phi) is 2.58. The van der Waals surface area contributed by atoms with Crippen molar-refractivity contribution in [3.05, 3.63) is 53.9 Å². The summed E-state index contributed by atoms with van der Waals surface area (Å²) in [6.45, 7) is 0.450. The van der Waals surface area contributed by atoms with Gasteiger partial charge in [-0.05, 0) is 17.7 Å². The van der Waals surface area contributed by atoms with Crippen molar-refractivity contribution in [1.82, 2.24) is 9.55 Å². The fourth-order valence-corrected chi connectivity index (χ4v) is 1.40. The number of imidazole rings is 1. The van der Waals surface area contributed by atoms with Crippen LogP contribution in [0.25, 0.3) is 0 Å². The van der Waals surface area contributed by atoms with Crippen molar-refractivity contribution >= 4 is 6.29 Å². The van der Waals surface area contributed by atoms with Crippen LogP contribution in [0.4, 0.5) is 4.39 Å². The molecule has 0 fully saturated rings. The van der Waals surface area contributed by atoms with E-state index in [1.807, 2.05) is 0 Å². The lowest BCUT2D eigenvalue weighted by molar-refractivity contribution is 0.111. The molecule has 1 heterocycles. The molecule has 0 aliphatic carbocycles. The molecule has 0 aliphatic rings. The highest BCUT2D eigenvalue weighted by atomic mass is 19.1. The van der Waals surface area contributed by atoms with E-state index >= 15 is 0 Å². The van der Waals surface area contributed by atoms with Gasteiger partial charge in [-0.25, -0.2) is 9.37 Å². The smallest absolute Gasteiger partial charge is 0.185 e. The highest BCUT2D eigenvalue weighted by Crippen LogP contribution is 2.06. The van der Waals surface area contributed by atoms with Crippen LogP contribution in [0.5, 0.6) is 0 Å². The van der Waals surface area contributed by atoms with E-state index in [0.717, 1.165) is 5.56 Å². The first-order chi connectivity index (χ1) is 7.29. The quantitative estimate of drug-likeness (QED) is 0.715. The number of carbonyl (C=O) groups excluding carboxylic acids is 1. The number of benzene rings is 1. The second-order valence-electron chi connectivity index (χ2n) is 3.16. The van der Waals surface area contributed by atoms with Gasteiger partial charge in [-0.15, -0.1) is 0 Å². The maximum Gasteiger partial charge on any atom is 0.185 e. The molecule has 1 aromatic carbocycles. The molecular weight excluding hydrogens is 195 g/mol. The third-order valence-corrected chi connectivity index (χ3v) is 2.10. The molecule has 0 N–H and O–H groups in total. The minimum absolute atomic E-state index is 0.278. The SMILES string of the molecule is O=Cc1nccn1Cc1cccc(F)c1. The standard InChI is InChI=1S/C11H9FN2O/c12-10-3-1-2-9(6-10)7-14-5-4-13-11(14)8-15/h1-6,8H,7H2. The van der Waals surface area contributed by atoms with Crippen molar-refractivity contribution < 1.29 is 9.18 Å². The molecular formula is C11H9FN2O. The van der Waals surface area contributed by atoms with Crippen LogP contribution in [-0.2, 0) is 6.54 Å². The minimum Gasteiger partial charge on any atom is -0.324 e. The first-order valence-electron chi connectivity index (χ1n) is 4.50. The zero-order chi connectivity index (χ0) is 10.7. The molecule has 0 unspecified atom stereocenters. The number of carbonyl (C=O) groups is 1. The average Bonchev–Trinajstić information content (AvgIpc) is 2.65. The molecule has 4 heteroatoms. The van der Waals surface area contributed by atoms with Crippen LogP contribution in [0, 0.1) is 5.82 Å². The van der Waals surface area contributed by atoms with Gasteiger partial charge in [0.1, 0.15) is 5.82 Å². The average molecular weight is 204 g/mol. The van der Waals surface area contributed by atoms with E-state index in [1.165, 1.54) is 12.1 Å². The normalized spacial score (nSPS) is 10.2. The van der Waals surface area contributed by atoms with Crippen molar-refractivity contribution in [1.29, 1.82) is 0 Å². The van der Waals surface area contributed by atoms with E-state index in [0.29, 0.717) is 18.7 Å². The van der Waals surface area contributed by atoms with Crippen LogP contribution in [0.2, 0.25) is 0 Å². The highest BCUT2D eigenvalue weighted by molar-refractivity contribution is 5.69. The Labute approximate surface area is 86.2 Å². The van der Waals surface area contributed by atoms with Crippen molar-refractivity contribution in [2.75, 3.05) is 0 Å². The molecule has 76 valence electrons. The van der Waals surface area contributed by atoms with Gasteiger partial charge in [0, 0.05) is 18.9 Å². The van der Waals surface area contributed by atoms with Gasteiger partial charge in [-0.2, -0.15) is 0 Å². The van der Waals surface area contributed by atoms with Gasteiger partial charge in [0.15, 0.2) is 12.1 Å². The Bertz CT molecular complexity index is 479. The lowest BCUT2D eigenvalue weighted by atomic mass is 10.2. The van der Waals surface area contributed by atoms with Crippen LogP contribution in [-0.4, -0.2) is 15.8 Å². The first-order valence-corrected chi connectivity index (χ1v) is 4.50. The number of rotatable bonds is 3. The van der Waals surface area contributed by atoms with E-state index in [4.69, 9.17) is 0 Å². The molecule has 0 spiro atoms. The Morgan fingerprint density at radius 1 is 1.47 bits per heavy atom. The maximum atomic E-state index is 12.9. The fraction of sp³-hybridized carbons (Fsp3) is 0.0909. The molecule has 0 amide bonds. The second-order valence-corrected chi connectivity index (χ2v) is 3.16. The predicted octanol–water partition coefficient (Wildman–Crippen LogP) is 1.88. The highest BCUT2D eigenvalue weighted by Gasteiger charge is 2.02. The molecule has 0 saturated heterocycles. The van der Waals surface area contributed by atoms with Gasteiger partial charge in [0.05, 0.1) is 0 Å². The van der Waals surface area contributed by atoms with E-state index in [2.05, 4.69) is 4.98 Å². The first kappa shape index (κ1) is 9.58. The Hall–Kier alpha value is -1.97. The van der Waals surface area contributed by atoms with E-state index < -0.39 is 0 Å². The molecule has 2 rings (SSSR count). The molecule has 0 radical (unpaired) electrons. The van der Waals surface area contributed by atoms with Gasteiger partial charge >= 0.3 is 0 Å². The van der Waals surface area contributed by atoms with Crippen LogP contribution < -0.4 is 0 Å². The minimum atomic E-state index is -0.278. The monoisotopic (exact) mass is 204 g/mol. The Morgan fingerprint density at radius 2 is 2.33 bits per heavy atom. The van der Waals surface area contributed by atoms with Crippen LogP contribution >= 0.6 is 0 Å². The van der Waals surface area contributed by atoms with E-state index in [-0.39, 0.29) is 5.82 Å². The second kappa shape index (κ2) is 4.04. The summed E-state index contributed by atoms with van der Waals surface area (Å²) in [5, 5.41) is 0. The largest absolute Gasteiger partial charge is 0.324 e. The Balaban J connectivity index is 2.25. The van der Waals surface area contributed by atoms with Crippen LogP contribution in [0.15, 0.2) is 36.7 Å². The van der Waals surface area contributed by atoms with E-state index in [9.17, 15) is 9.18 Å². The number of hydrogen-bond acceptors (Lipinski definition) is 2. The summed E-state index contributed by atoms with van der Waals surface area (Å²) in [7, 11) is 0. The molecule has 0 saturated carbocycles. The van der Waals surface area contributed by atoms with Crippen LogP contribution in [0.1, 0.15) is 16.2 Å². The molecule has 3 nitrogen and oxygen atoms in total. The van der Waals surface area contributed by atoms with Crippen LogP contribution in [0.3, 0.4) is 0 Å². The van der Waals surface area contributed by atoms with Gasteiger partial charge < -0.3 is 4.57 Å². The lowest BCUT2D eigenvalue weighted by Crippen LogP contribution is -2.03. The summed E-state index contributed by atoms with van der Waals surface area (Å²) in [5.74, 6) is 0.0690. The van der Waals surface area contributed by atoms with Crippen molar-refractivity contribution in [3.8, 4) is 0 Å². The molecule has 1 aromatic heterocycles. The molecule has 2 aromatic rings. The topological polar surface area (TPSA) is 34.9 Å². The zero-order valence-electron chi connectivity index (χ0n) is 7.93. The maximum absolute atomic E-state index is 12.9. The number of aldehydes is 1. The molecule has 0 aliphatic heterocycles. The van der Waals surface area contributed by atoms with Crippen molar-refractivity contribution in [2.45, 2.75) is 6.54 Å². The summed E-state index contributed by atoms with van der Waals surface area (Å²) in [4.78, 5) is 14.4. The fourth-order valence-electron chi connectivity index (χ4n) is 1.40. The Morgan fingerprint density at radius 3 is 3.07 bits per heavy atom.